The Kier molecular flexibility index (Phi) is 4.27. The molecule has 0 saturated heterocycles. The molecule has 146 valence electrons. The Morgan fingerprint density at radius 1 is 0.931 bits per heavy atom. The van der Waals surface area contributed by atoms with E-state index >= 15 is 0 Å². The first-order valence-corrected chi connectivity index (χ1v) is 10.6. The largest absolute Gasteiger partial charge is 0.373 e. The van der Waals surface area contributed by atoms with E-state index < -0.39 is 0 Å². The molecule has 3 aromatic carbocycles. The highest BCUT2D eigenvalue weighted by molar-refractivity contribution is 6.36. The molecule has 0 amide bonds. The van der Waals surface area contributed by atoms with E-state index in [-0.39, 0.29) is 17.2 Å². The van der Waals surface area contributed by atoms with E-state index in [1.165, 1.54) is 10.8 Å². The summed E-state index contributed by atoms with van der Waals surface area (Å²) < 4.78 is 0. The molecule has 0 fully saturated rings. The van der Waals surface area contributed by atoms with E-state index in [9.17, 15) is 4.79 Å². The summed E-state index contributed by atoms with van der Waals surface area (Å²) in [7, 11) is 0. The second kappa shape index (κ2) is 6.62. The molecule has 0 radical (unpaired) electrons. The summed E-state index contributed by atoms with van der Waals surface area (Å²) in [5, 5.41) is 7.08. The van der Waals surface area contributed by atoms with Crippen LogP contribution in [0.4, 0.5) is 5.69 Å². The lowest BCUT2D eigenvalue weighted by molar-refractivity contribution is -0.118. The number of rotatable bonds is 1. The maximum atomic E-state index is 13.4. The minimum absolute atomic E-state index is 0.0870. The van der Waals surface area contributed by atoms with Gasteiger partial charge in [-0.3, -0.25) is 4.79 Å². The Balaban J connectivity index is 1.84. The highest BCUT2D eigenvalue weighted by Crippen LogP contribution is 2.53. The third-order valence-corrected chi connectivity index (χ3v) is 6.69. The molecule has 2 nitrogen and oxygen atoms in total. The van der Waals surface area contributed by atoms with Gasteiger partial charge in [-0.25, -0.2) is 0 Å². The average Bonchev–Trinajstić information content (AvgIpc) is 2.66. The van der Waals surface area contributed by atoms with Crippen LogP contribution in [0.1, 0.15) is 43.9 Å². The molecule has 1 aliphatic heterocycles. The van der Waals surface area contributed by atoms with Crippen LogP contribution in [0.25, 0.3) is 16.3 Å². The summed E-state index contributed by atoms with van der Waals surface area (Å²) in [4.78, 5) is 13.4. The van der Waals surface area contributed by atoms with Crippen LogP contribution in [0.15, 0.2) is 60.2 Å². The van der Waals surface area contributed by atoms with Crippen LogP contribution in [0, 0.1) is 5.41 Å². The second-order valence-corrected chi connectivity index (χ2v) is 9.57. The molecular formula is C25H21Cl2NO. The number of allylic oxidation sites excluding steroid dienone is 1. The molecule has 0 aromatic heterocycles. The molecule has 1 atom stereocenters. The lowest BCUT2D eigenvalue weighted by Gasteiger charge is -2.40. The van der Waals surface area contributed by atoms with E-state index in [0.717, 1.165) is 34.4 Å². The smallest absolute Gasteiger partial charge is 0.162 e. The number of carbonyl (C=O) groups is 1. The molecule has 4 heteroatoms. The fourth-order valence-corrected chi connectivity index (χ4v) is 5.46. The molecule has 1 N–H and O–H groups in total. The van der Waals surface area contributed by atoms with Crippen molar-refractivity contribution in [3.05, 3.63) is 81.3 Å². The SMILES string of the molecule is CC1(C)CC(=O)C2=C(C1)c1c(ccc3ccccc13)N[C@H]2c1c(Cl)cccc1Cl. The molecule has 0 saturated carbocycles. The van der Waals surface area contributed by atoms with Gasteiger partial charge in [0.25, 0.3) is 0 Å². The summed E-state index contributed by atoms with van der Waals surface area (Å²) in [5.41, 5.74) is 4.78. The predicted molar refractivity (Wildman–Crippen MR) is 122 cm³/mol. The van der Waals surface area contributed by atoms with Gasteiger partial charge in [-0.05, 0) is 46.4 Å². The number of halogens is 2. The summed E-state index contributed by atoms with van der Waals surface area (Å²) in [5.74, 6) is 0.170. The number of nitrogens with one attached hydrogen (secondary N) is 1. The molecule has 2 aliphatic rings. The number of ketones is 1. The van der Waals surface area contributed by atoms with Crippen molar-refractivity contribution in [3.63, 3.8) is 0 Å². The van der Waals surface area contributed by atoms with Crippen LogP contribution < -0.4 is 5.32 Å². The van der Waals surface area contributed by atoms with Crippen molar-refractivity contribution in [2.45, 2.75) is 32.7 Å². The minimum atomic E-state index is -0.344. The van der Waals surface area contributed by atoms with Gasteiger partial charge in [-0.2, -0.15) is 0 Å². The van der Waals surface area contributed by atoms with Crippen molar-refractivity contribution in [2.24, 2.45) is 5.41 Å². The monoisotopic (exact) mass is 421 g/mol. The van der Waals surface area contributed by atoms with Crippen molar-refractivity contribution in [1.29, 1.82) is 0 Å². The Labute approximate surface area is 180 Å². The maximum Gasteiger partial charge on any atom is 0.162 e. The van der Waals surface area contributed by atoms with Crippen molar-refractivity contribution < 1.29 is 4.79 Å². The van der Waals surface area contributed by atoms with Crippen molar-refractivity contribution in [2.75, 3.05) is 5.32 Å². The first-order chi connectivity index (χ1) is 13.9. The van der Waals surface area contributed by atoms with Gasteiger partial charge < -0.3 is 5.32 Å². The van der Waals surface area contributed by atoms with Gasteiger partial charge >= 0.3 is 0 Å². The zero-order valence-electron chi connectivity index (χ0n) is 16.4. The Morgan fingerprint density at radius 3 is 2.41 bits per heavy atom. The van der Waals surface area contributed by atoms with Crippen molar-refractivity contribution in [3.8, 4) is 0 Å². The van der Waals surface area contributed by atoms with E-state index in [4.69, 9.17) is 23.2 Å². The van der Waals surface area contributed by atoms with Crippen LogP contribution in [0.2, 0.25) is 10.0 Å². The minimum Gasteiger partial charge on any atom is -0.373 e. The average molecular weight is 422 g/mol. The summed E-state index contributed by atoms with van der Waals surface area (Å²) in [6.45, 7) is 4.33. The van der Waals surface area contributed by atoms with Crippen molar-refractivity contribution >= 4 is 51.0 Å². The van der Waals surface area contributed by atoms with Crippen LogP contribution in [-0.4, -0.2) is 5.78 Å². The highest BCUT2D eigenvalue weighted by Gasteiger charge is 2.41. The van der Waals surface area contributed by atoms with E-state index in [2.05, 4.69) is 49.5 Å². The lowest BCUT2D eigenvalue weighted by atomic mass is 9.68. The predicted octanol–water partition coefficient (Wildman–Crippen LogP) is 7.46. The van der Waals surface area contributed by atoms with Gasteiger partial charge in [0.15, 0.2) is 5.78 Å². The number of Topliss-reactive ketones (excluding diaryl/α,β-unsaturated/α-hetero) is 1. The first-order valence-electron chi connectivity index (χ1n) is 9.84. The standard InChI is InChI=1S/C25H21Cl2NO/c1-25(2)12-16-21-15-7-4-3-6-14(15)10-11-19(21)28-24(22(16)20(29)13-25)23-17(26)8-5-9-18(23)27/h3-11,24,28H,12-13H2,1-2H3/t24-/m1/s1. The molecule has 1 heterocycles. The number of hydrogen-bond donors (Lipinski definition) is 1. The fraction of sp³-hybridized carbons (Fsp3) is 0.240. The molecule has 0 spiro atoms. The molecule has 1 aliphatic carbocycles. The molecular weight excluding hydrogens is 401 g/mol. The van der Waals surface area contributed by atoms with Crippen LogP contribution in [0.3, 0.4) is 0 Å². The second-order valence-electron chi connectivity index (χ2n) is 8.76. The van der Waals surface area contributed by atoms with Gasteiger partial charge in [0.05, 0.1) is 6.04 Å². The number of benzene rings is 3. The zero-order chi connectivity index (χ0) is 20.3. The molecule has 0 unspecified atom stereocenters. The van der Waals surface area contributed by atoms with Gasteiger partial charge in [0.2, 0.25) is 0 Å². The maximum absolute atomic E-state index is 13.4. The Bertz CT molecular complexity index is 1190. The van der Waals surface area contributed by atoms with Crippen molar-refractivity contribution in [1.82, 2.24) is 0 Å². The van der Waals surface area contributed by atoms with Crippen LogP contribution in [-0.2, 0) is 4.79 Å². The third-order valence-electron chi connectivity index (χ3n) is 6.03. The van der Waals surface area contributed by atoms with E-state index in [0.29, 0.717) is 16.5 Å². The summed E-state index contributed by atoms with van der Waals surface area (Å²) in [6.07, 6.45) is 1.36. The number of fused-ring (bicyclic) bond motifs is 4. The lowest BCUT2D eigenvalue weighted by Crippen LogP contribution is -2.33. The van der Waals surface area contributed by atoms with Gasteiger partial charge in [0, 0.05) is 38.9 Å². The first kappa shape index (κ1) is 18.7. The third kappa shape index (κ3) is 2.97. The van der Waals surface area contributed by atoms with Crippen LogP contribution >= 0.6 is 23.2 Å². The van der Waals surface area contributed by atoms with Gasteiger partial charge in [0.1, 0.15) is 0 Å². The zero-order valence-corrected chi connectivity index (χ0v) is 17.9. The van der Waals surface area contributed by atoms with Gasteiger partial charge in [-0.15, -0.1) is 0 Å². The molecule has 0 bridgehead atoms. The highest BCUT2D eigenvalue weighted by atomic mass is 35.5. The molecule has 29 heavy (non-hydrogen) atoms. The summed E-state index contributed by atoms with van der Waals surface area (Å²) in [6, 6.07) is 17.7. The van der Waals surface area contributed by atoms with Crippen LogP contribution in [0.5, 0.6) is 0 Å². The normalized spacial score (nSPS) is 20.3. The number of anilines is 1. The van der Waals surface area contributed by atoms with E-state index in [1.807, 2.05) is 24.3 Å². The Hall–Kier alpha value is -2.29. The van der Waals surface area contributed by atoms with Gasteiger partial charge in [-0.1, -0.05) is 73.4 Å². The summed E-state index contributed by atoms with van der Waals surface area (Å²) >= 11 is 13.1. The van der Waals surface area contributed by atoms with E-state index in [1.54, 1.807) is 0 Å². The quantitative estimate of drug-likeness (QED) is 0.441. The molecule has 5 rings (SSSR count). The Morgan fingerprint density at radius 2 is 1.66 bits per heavy atom. The number of carbonyl (C=O) groups excluding carboxylic acids is 1. The number of hydrogen-bond acceptors (Lipinski definition) is 2. The fourth-order valence-electron chi connectivity index (χ4n) is 4.84. The molecule has 3 aromatic rings. The topological polar surface area (TPSA) is 29.1 Å².